The second kappa shape index (κ2) is 9.74. The van der Waals surface area contributed by atoms with E-state index in [1.807, 2.05) is 18.2 Å². The Balaban J connectivity index is 2.35. The van der Waals surface area contributed by atoms with Gasteiger partial charge in [0.15, 0.2) is 6.61 Å². The average molecular weight is 345 g/mol. The molecule has 0 aliphatic carbocycles. The average Bonchev–Trinajstić information content (AvgIpc) is 2.43. The first-order chi connectivity index (χ1) is 9.67. The van der Waals surface area contributed by atoms with Crippen LogP contribution in [-0.4, -0.2) is 39.3 Å². The summed E-state index contributed by atoms with van der Waals surface area (Å²) >= 11 is 3.43. The summed E-state index contributed by atoms with van der Waals surface area (Å²) in [6, 6.07) is 5.75. The van der Waals surface area contributed by atoms with E-state index in [-0.39, 0.29) is 12.5 Å². The third kappa shape index (κ3) is 6.36. The second-order valence-corrected chi connectivity index (χ2v) is 5.14. The van der Waals surface area contributed by atoms with E-state index in [9.17, 15) is 4.79 Å². The van der Waals surface area contributed by atoms with Gasteiger partial charge in [0.2, 0.25) is 0 Å². The summed E-state index contributed by atoms with van der Waals surface area (Å²) in [5.74, 6) is 0.511. The zero-order chi connectivity index (χ0) is 14.8. The normalized spacial score (nSPS) is 10.3. The van der Waals surface area contributed by atoms with E-state index in [0.29, 0.717) is 25.4 Å². The van der Waals surface area contributed by atoms with Crippen molar-refractivity contribution in [2.24, 2.45) is 5.73 Å². The molecule has 0 atom stereocenters. The van der Waals surface area contributed by atoms with Crippen molar-refractivity contribution < 1.29 is 14.3 Å². The summed E-state index contributed by atoms with van der Waals surface area (Å²) in [5.41, 5.74) is 6.64. The number of methoxy groups -OCH3 is 1. The Kier molecular flexibility index (Phi) is 8.25. The molecule has 112 valence electrons. The lowest BCUT2D eigenvalue weighted by Crippen LogP contribution is -2.30. The summed E-state index contributed by atoms with van der Waals surface area (Å²) in [7, 11) is 1.64. The van der Waals surface area contributed by atoms with Crippen LogP contribution in [0.1, 0.15) is 12.0 Å². The highest BCUT2D eigenvalue weighted by atomic mass is 79.9. The predicted molar refractivity (Wildman–Crippen MR) is 81.9 cm³/mol. The molecule has 0 aromatic heterocycles. The monoisotopic (exact) mass is 344 g/mol. The zero-order valence-corrected chi connectivity index (χ0v) is 13.2. The van der Waals surface area contributed by atoms with Crippen molar-refractivity contribution in [1.82, 2.24) is 5.32 Å². The van der Waals surface area contributed by atoms with E-state index in [0.717, 1.165) is 22.9 Å². The van der Waals surface area contributed by atoms with Gasteiger partial charge in [0.1, 0.15) is 5.75 Å². The number of halogens is 1. The van der Waals surface area contributed by atoms with Gasteiger partial charge in [-0.2, -0.15) is 0 Å². The maximum Gasteiger partial charge on any atom is 0.257 e. The van der Waals surface area contributed by atoms with Gasteiger partial charge in [-0.25, -0.2) is 0 Å². The quantitative estimate of drug-likeness (QED) is 0.665. The van der Waals surface area contributed by atoms with Crippen LogP contribution in [0.4, 0.5) is 0 Å². The van der Waals surface area contributed by atoms with E-state index in [4.69, 9.17) is 15.2 Å². The molecule has 6 heteroatoms. The van der Waals surface area contributed by atoms with Gasteiger partial charge in [-0.05, 0) is 53.0 Å². The van der Waals surface area contributed by atoms with Crippen LogP contribution in [0.5, 0.6) is 5.75 Å². The van der Waals surface area contributed by atoms with Crippen LogP contribution in [0.25, 0.3) is 0 Å². The van der Waals surface area contributed by atoms with E-state index >= 15 is 0 Å². The molecule has 0 radical (unpaired) electrons. The van der Waals surface area contributed by atoms with Gasteiger partial charge in [-0.1, -0.05) is 6.07 Å². The highest BCUT2D eigenvalue weighted by Crippen LogP contribution is 2.26. The first kappa shape index (κ1) is 16.9. The van der Waals surface area contributed by atoms with Crippen LogP contribution in [0.3, 0.4) is 0 Å². The highest BCUT2D eigenvalue weighted by Gasteiger charge is 2.06. The molecule has 0 heterocycles. The predicted octanol–water partition coefficient (Wildman–Crippen LogP) is 1.48. The van der Waals surface area contributed by atoms with Crippen LogP contribution in [-0.2, 0) is 16.0 Å². The molecule has 0 unspecified atom stereocenters. The van der Waals surface area contributed by atoms with Crippen LogP contribution >= 0.6 is 15.9 Å². The van der Waals surface area contributed by atoms with Crippen molar-refractivity contribution in [2.75, 3.05) is 33.4 Å². The number of nitrogens with two attached hydrogens (primary N) is 1. The van der Waals surface area contributed by atoms with Crippen LogP contribution in [0.2, 0.25) is 0 Å². The third-order valence-electron chi connectivity index (χ3n) is 2.64. The van der Waals surface area contributed by atoms with E-state index in [1.165, 1.54) is 0 Å². The number of carbonyl (C=O) groups is 1. The lowest BCUT2D eigenvalue weighted by molar-refractivity contribution is -0.123. The topological polar surface area (TPSA) is 73.6 Å². The molecule has 1 amide bonds. The first-order valence-corrected chi connectivity index (χ1v) is 7.33. The molecular formula is C14H21BrN2O3. The van der Waals surface area contributed by atoms with Crippen molar-refractivity contribution in [2.45, 2.75) is 12.8 Å². The minimum absolute atomic E-state index is 0.00180. The fourth-order valence-electron chi connectivity index (χ4n) is 1.62. The number of hydrogen-bond acceptors (Lipinski definition) is 4. The van der Waals surface area contributed by atoms with Crippen molar-refractivity contribution in [1.29, 1.82) is 0 Å². The number of carbonyl (C=O) groups excluding carboxylic acids is 1. The van der Waals surface area contributed by atoms with Gasteiger partial charge in [0, 0.05) is 20.3 Å². The number of benzene rings is 1. The maximum atomic E-state index is 11.6. The van der Waals surface area contributed by atoms with Crippen LogP contribution < -0.4 is 15.8 Å². The van der Waals surface area contributed by atoms with Crippen molar-refractivity contribution in [3.63, 3.8) is 0 Å². The molecule has 1 rings (SSSR count). The maximum absolute atomic E-state index is 11.6. The lowest BCUT2D eigenvalue weighted by Gasteiger charge is -2.10. The molecule has 5 nitrogen and oxygen atoms in total. The van der Waals surface area contributed by atoms with Gasteiger partial charge < -0.3 is 20.5 Å². The molecule has 3 N–H and O–H groups in total. The number of nitrogens with one attached hydrogen (secondary N) is 1. The van der Waals surface area contributed by atoms with Gasteiger partial charge in [-0.3, -0.25) is 4.79 Å². The SMILES string of the molecule is COCCCNC(=O)COc1ccc(CCN)cc1Br. The molecule has 20 heavy (non-hydrogen) atoms. The molecule has 0 fully saturated rings. The highest BCUT2D eigenvalue weighted by molar-refractivity contribution is 9.10. The van der Waals surface area contributed by atoms with E-state index in [2.05, 4.69) is 21.2 Å². The molecule has 0 aliphatic heterocycles. The fraction of sp³-hybridized carbons (Fsp3) is 0.500. The minimum atomic E-state index is -0.140. The Morgan fingerprint density at radius 2 is 2.25 bits per heavy atom. The molecule has 0 saturated heterocycles. The molecule has 1 aromatic carbocycles. The van der Waals surface area contributed by atoms with Crippen molar-refractivity contribution >= 4 is 21.8 Å². The summed E-state index contributed by atoms with van der Waals surface area (Å²) in [6.45, 7) is 1.83. The number of amides is 1. The van der Waals surface area contributed by atoms with Crippen molar-refractivity contribution in [3.05, 3.63) is 28.2 Å². The van der Waals surface area contributed by atoms with E-state index in [1.54, 1.807) is 7.11 Å². The molecular weight excluding hydrogens is 324 g/mol. The molecule has 0 bridgehead atoms. The van der Waals surface area contributed by atoms with Crippen LogP contribution in [0.15, 0.2) is 22.7 Å². The lowest BCUT2D eigenvalue weighted by atomic mass is 10.1. The Hall–Kier alpha value is -1.11. The van der Waals surface area contributed by atoms with Gasteiger partial charge >= 0.3 is 0 Å². The Morgan fingerprint density at radius 3 is 2.90 bits per heavy atom. The smallest absolute Gasteiger partial charge is 0.257 e. The summed E-state index contributed by atoms with van der Waals surface area (Å²) < 4.78 is 11.2. The van der Waals surface area contributed by atoms with Gasteiger partial charge in [-0.15, -0.1) is 0 Å². The fourth-order valence-corrected chi connectivity index (χ4v) is 2.16. The minimum Gasteiger partial charge on any atom is -0.483 e. The molecule has 0 spiro atoms. The number of ether oxygens (including phenoxy) is 2. The Morgan fingerprint density at radius 1 is 1.45 bits per heavy atom. The molecule has 0 saturated carbocycles. The number of rotatable bonds is 9. The summed E-state index contributed by atoms with van der Waals surface area (Å²) in [6.07, 6.45) is 1.61. The summed E-state index contributed by atoms with van der Waals surface area (Å²) in [5, 5.41) is 2.76. The van der Waals surface area contributed by atoms with Gasteiger partial charge in [0.25, 0.3) is 5.91 Å². The molecule has 0 aliphatic rings. The first-order valence-electron chi connectivity index (χ1n) is 6.54. The second-order valence-electron chi connectivity index (χ2n) is 4.29. The van der Waals surface area contributed by atoms with Gasteiger partial charge in [0.05, 0.1) is 4.47 Å². The standard InChI is InChI=1S/C14H21BrN2O3/c1-19-8-2-7-17-14(18)10-20-13-4-3-11(5-6-16)9-12(13)15/h3-4,9H,2,5-8,10,16H2,1H3,(H,17,18). The third-order valence-corrected chi connectivity index (χ3v) is 3.26. The Bertz CT molecular complexity index is 427. The largest absolute Gasteiger partial charge is 0.483 e. The Labute approximate surface area is 127 Å². The zero-order valence-electron chi connectivity index (χ0n) is 11.7. The number of hydrogen-bond donors (Lipinski definition) is 2. The van der Waals surface area contributed by atoms with Crippen molar-refractivity contribution in [3.8, 4) is 5.75 Å². The van der Waals surface area contributed by atoms with Crippen LogP contribution in [0, 0.1) is 0 Å². The van der Waals surface area contributed by atoms with E-state index < -0.39 is 0 Å². The molecule has 1 aromatic rings. The summed E-state index contributed by atoms with van der Waals surface area (Å²) in [4.78, 5) is 11.6.